The topological polar surface area (TPSA) is 75.7 Å². The molecule has 1 N–H and O–H groups in total. The average molecular weight is 585 g/mol. The van der Waals surface area contributed by atoms with E-state index in [1.54, 1.807) is 72.8 Å². The Kier molecular flexibility index (Phi) is 8.57. The van der Waals surface area contributed by atoms with E-state index in [0.29, 0.717) is 5.02 Å². The lowest BCUT2D eigenvalue weighted by atomic mass is 10.1. The van der Waals surface area contributed by atoms with Crippen LogP contribution in [0.25, 0.3) is 10.8 Å². The summed E-state index contributed by atoms with van der Waals surface area (Å²) in [7, 11) is -4.02. The van der Waals surface area contributed by atoms with E-state index in [-0.39, 0.29) is 35.8 Å². The number of nitrogens with zero attached hydrogens (tertiary/aromatic N) is 1. The van der Waals surface area contributed by atoms with Crippen LogP contribution < -0.4 is 14.4 Å². The molecule has 6 nitrogen and oxygen atoms in total. The zero-order valence-corrected chi connectivity index (χ0v) is 24.0. The molecule has 0 bridgehead atoms. The van der Waals surface area contributed by atoms with Gasteiger partial charge in [0.25, 0.3) is 15.9 Å². The Labute approximate surface area is 245 Å². The number of carbonyl (C=O) groups is 1. The van der Waals surface area contributed by atoms with Gasteiger partial charge in [0, 0.05) is 10.4 Å². The van der Waals surface area contributed by atoms with Gasteiger partial charge >= 0.3 is 0 Å². The van der Waals surface area contributed by atoms with Gasteiger partial charge in [-0.05, 0) is 60.3 Å². The van der Waals surface area contributed by atoms with Crippen molar-refractivity contribution < 1.29 is 17.9 Å². The van der Waals surface area contributed by atoms with E-state index in [1.165, 1.54) is 4.31 Å². The first kappa shape index (κ1) is 28.2. The first-order chi connectivity index (χ1) is 19.8. The number of hydrogen-bond acceptors (Lipinski definition) is 4. The number of fused-ring (bicyclic) bond motifs is 1. The Bertz CT molecular complexity index is 1770. The van der Waals surface area contributed by atoms with Gasteiger partial charge in [-0.15, -0.1) is 0 Å². The SMILES string of the molecule is Cc1ccc(S(=O)(=O)N(Cc2ccc(Cl)cc2)c2ccccc2C(=O)NCCOc2cccc3ccccc23)cc1. The molecule has 0 saturated heterocycles. The highest BCUT2D eigenvalue weighted by Gasteiger charge is 2.28. The number of carbonyl (C=O) groups excluding carboxylic acids is 1. The molecular weight excluding hydrogens is 556 g/mol. The number of nitrogens with one attached hydrogen (secondary N) is 1. The van der Waals surface area contributed by atoms with Gasteiger partial charge in [-0.3, -0.25) is 9.10 Å². The van der Waals surface area contributed by atoms with E-state index < -0.39 is 15.9 Å². The van der Waals surface area contributed by atoms with Gasteiger partial charge in [-0.25, -0.2) is 8.42 Å². The third-order valence-corrected chi connectivity index (χ3v) is 8.69. The van der Waals surface area contributed by atoms with Crippen LogP contribution in [0, 0.1) is 6.92 Å². The van der Waals surface area contributed by atoms with Gasteiger partial charge in [0.05, 0.1) is 29.2 Å². The number of rotatable bonds is 10. The fourth-order valence-corrected chi connectivity index (χ4v) is 6.12. The highest BCUT2D eigenvalue weighted by Crippen LogP contribution is 2.30. The standard InChI is InChI=1S/C33H29ClN2O4S/c1-24-13-19-28(20-14-24)41(38,39)36(23-25-15-17-27(34)18-16-25)31-11-5-4-10-30(31)33(37)35-21-22-40-32-12-6-8-26-7-2-3-9-29(26)32/h2-20H,21-23H2,1H3,(H,35,37). The smallest absolute Gasteiger partial charge is 0.264 e. The van der Waals surface area contributed by atoms with Gasteiger partial charge in [0.15, 0.2) is 0 Å². The third-order valence-electron chi connectivity index (χ3n) is 6.66. The highest BCUT2D eigenvalue weighted by atomic mass is 35.5. The van der Waals surface area contributed by atoms with E-state index in [2.05, 4.69) is 5.32 Å². The first-order valence-corrected chi connectivity index (χ1v) is 15.0. The number of halogens is 1. The van der Waals surface area contributed by atoms with Gasteiger partial charge in [-0.2, -0.15) is 0 Å². The zero-order valence-electron chi connectivity index (χ0n) is 22.5. The van der Waals surface area contributed by atoms with Gasteiger partial charge in [0.1, 0.15) is 12.4 Å². The molecule has 0 aliphatic carbocycles. The quantitative estimate of drug-likeness (QED) is 0.179. The minimum Gasteiger partial charge on any atom is -0.491 e. The van der Waals surface area contributed by atoms with Crippen molar-refractivity contribution in [1.82, 2.24) is 5.32 Å². The van der Waals surface area contributed by atoms with Crippen LogP contribution in [0.1, 0.15) is 21.5 Å². The van der Waals surface area contributed by atoms with Crippen molar-refractivity contribution in [2.45, 2.75) is 18.4 Å². The lowest BCUT2D eigenvalue weighted by molar-refractivity contribution is 0.0947. The molecule has 0 aromatic heterocycles. The summed E-state index contributed by atoms with van der Waals surface area (Å²) < 4.78 is 35.2. The molecule has 0 heterocycles. The maximum atomic E-state index is 14.0. The summed E-state index contributed by atoms with van der Waals surface area (Å²) in [5.74, 6) is 0.332. The fraction of sp³-hybridized carbons (Fsp3) is 0.121. The maximum Gasteiger partial charge on any atom is 0.264 e. The average Bonchev–Trinajstić information content (AvgIpc) is 2.99. The van der Waals surface area contributed by atoms with Crippen molar-refractivity contribution in [3.63, 3.8) is 0 Å². The number of anilines is 1. The normalized spacial score (nSPS) is 11.3. The van der Waals surface area contributed by atoms with Crippen molar-refractivity contribution in [1.29, 1.82) is 0 Å². The van der Waals surface area contributed by atoms with E-state index >= 15 is 0 Å². The van der Waals surface area contributed by atoms with Crippen molar-refractivity contribution >= 4 is 44.0 Å². The second-order valence-electron chi connectivity index (χ2n) is 9.55. The molecular formula is C33H29ClN2O4S. The predicted molar refractivity (Wildman–Crippen MR) is 164 cm³/mol. The van der Waals surface area contributed by atoms with Crippen LogP contribution in [0.2, 0.25) is 5.02 Å². The molecule has 41 heavy (non-hydrogen) atoms. The highest BCUT2D eigenvalue weighted by molar-refractivity contribution is 7.92. The molecule has 0 aliphatic rings. The number of hydrogen-bond donors (Lipinski definition) is 1. The molecule has 0 saturated carbocycles. The third kappa shape index (κ3) is 6.53. The first-order valence-electron chi connectivity index (χ1n) is 13.1. The van der Waals surface area contributed by atoms with Crippen LogP contribution in [0.3, 0.4) is 0 Å². The molecule has 5 rings (SSSR count). The molecule has 0 fully saturated rings. The summed E-state index contributed by atoms with van der Waals surface area (Å²) in [5, 5.41) is 5.49. The molecule has 0 aliphatic heterocycles. The predicted octanol–water partition coefficient (Wildman–Crippen LogP) is 7.01. The van der Waals surface area contributed by atoms with Crippen LogP contribution >= 0.6 is 11.6 Å². The van der Waals surface area contributed by atoms with E-state index in [4.69, 9.17) is 16.3 Å². The Morgan fingerprint density at radius 2 is 1.51 bits per heavy atom. The summed E-state index contributed by atoms with van der Waals surface area (Å²) in [6.45, 7) is 2.39. The van der Waals surface area contributed by atoms with Crippen molar-refractivity contribution in [3.8, 4) is 5.75 Å². The van der Waals surface area contributed by atoms with Gasteiger partial charge < -0.3 is 10.1 Å². The number of para-hydroxylation sites is 1. The summed E-state index contributed by atoms with van der Waals surface area (Å²) in [6, 6.07) is 34.1. The van der Waals surface area contributed by atoms with Gasteiger partial charge in [-0.1, -0.05) is 90.0 Å². The molecule has 8 heteroatoms. The number of ether oxygens (including phenoxy) is 1. The monoisotopic (exact) mass is 584 g/mol. The summed E-state index contributed by atoms with van der Waals surface area (Å²) in [4.78, 5) is 13.5. The summed E-state index contributed by atoms with van der Waals surface area (Å²) >= 11 is 6.07. The molecule has 5 aromatic rings. The lowest BCUT2D eigenvalue weighted by Crippen LogP contribution is -2.34. The second-order valence-corrected chi connectivity index (χ2v) is 11.8. The lowest BCUT2D eigenvalue weighted by Gasteiger charge is -2.27. The molecule has 0 spiro atoms. The minimum atomic E-state index is -4.02. The Morgan fingerprint density at radius 1 is 0.829 bits per heavy atom. The minimum absolute atomic E-state index is 0.0157. The second kappa shape index (κ2) is 12.5. The maximum absolute atomic E-state index is 14.0. The largest absolute Gasteiger partial charge is 0.491 e. The zero-order chi connectivity index (χ0) is 28.8. The molecule has 5 aromatic carbocycles. The number of amides is 1. The van der Waals surface area contributed by atoms with Crippen molar-refractivity contribution in [2.24, 2.45) is 0 Å². The molecule has 0 unspecified atom stereocenters. The van der Waals surface area contributed by atoms with Crippen LogP contribution in [-0.4, -0.2) is 27.5 Å². The number of aryl methyl sites for hydroxylation is 1. The molecule has 1 amide bonds. The number of benzene rings is 5. The summed E-state index contributed by atoms with van der Waals surface area (Å²) in [6.07, 6.45) is 0. The molecule has 208 valence electrons. The Hall–Kier alpha value is -4.33. The van der Waals surface area contributed by atoms with Crippen molar-refractivity contribution in [3.05, 3.63) is 137 Å². The van der Waals surface area contributed by atoms with E-state index in [0.717, 1.165) is 27.6 Å². The fourth-order valence-electron chi connectivity index (χ4n) is 4.52. The van der Waals surface area contributed by atoms with Crippen LogP contribution in [0.5, 0.6) is 5.75 Å². The van der Waals surface area contributed by atoms with Crippen LogP contribution in [0.15, 0.2) is 120 Å². The van der Waals surface area contributed by atoms with Crippen LogP contribution in [-0.2, 0) is 16.6 Å². The van der Waals surface area contributed by atoms with E-state index in [1.807, 2.05) is 49.4 Å². The van der Waals surface area contributed by atoms with Gasteiger partial charge in [0.2, 0.25) is 0 Å². The van der Waals surface area contributed by atoms with E-state index in [9.17, 15) is 13.2 Å². The Morgan fingerprint density at radius 3 is 2.29 bits per heavy atom. The Balaban J connectivity index is 1.39. The van der Waals surface area contributed by atoms with Crippen molar-refractivity contribution in [2.75, 3.05) is 17.5 Å². The molecule has 0 radical (unpaired) electrons. The summed E-state index contributed by atoms with van der Waals surface area (Å²) in [5.41, 5.74) is 2.18. The molecule has 0 atom stereocenters. The number of sulfonamides is 1. The van der Waals surface area contributed by atoms with Crippen LogP contribution in [0.4, 0.5) is 5.69 Å².